The van der Waals surface area contributed by atoms with E-state index in [9.17, 15) is 9.59 Å². The minimum atomic E-state index is -0.302. The van der Waals surface area contributed by atoms with Gasteiger partial charge >= 0.3 is 0 Å². The van der Waals surface area contributed by atoms with Crippen LogP contribution < -0.4 is 10.9 Å². The molecule has 6 nitrogen and oxygen atoms in total. The SMILES string of the molecule is O=C(N/N=C/c1ccc(-c2ccccc2)cc1)c1ccc(-c2ccc(C(=O)N/N=C/c3ccc(-c4ccccc4)cc3)cc2)cc1. The number of benzene rings is 6. The first-order valence-corrected chi connectivity index (χ1v) is 14.8. The van der Waals surface area contributed by atoms with Crippen LogP contribution in [0.15, 0.2) is 168 Å². The quantitative estimate of drug-likeness (QED) is 0.130. The first-order valence-electron chi connectivity index (χ1n) is 14.8. The first kappa shape index (κ1) is 29.7. The van der Waals surface area contributed by atoms with Gasteiger partial charge in [0.05, 0.1) is 12.4 Å². The van der Waals surface area contributed by atoms with E-state index >= 15 is 0 Å². The molecule has 0 radical (unpaired) electrons. The molecule has 0 saturated carbocycles. The summed E-state index contributed by atoms with van der Waals surface area (Å²) in [5.74, 6) is -0.605. The van der Waals surface area contributed by atoms with Crippen molar-refractivity contribution in [3.05, 3.63) is 180 Å². The Morgan fingerprint density at radius 1 is 0.370 bits per heavy atom. The van der Waals surface area contributed by atoms with E-state index in [1.54, 1.807) is 36.7 Å². The summed E-state index contributed by atoms with van der Waals surface area (Å²) in [4.78, 5) is 25.2. The molecule has 0 aliphatic heterocycles. The Hall–Kier alpha value is -6.40. The van der Waals surface area contributed by atoms with E-state index in [0.29, 0.717) is 11.1 Å². The van der Waals surface area contributed by atoms with E-state index in [2.05, 4.69) is 45.3 Å². The monoisotopic (exact) mass is 598 g/mol. The fourth-order valence-corrected chi connectivity index (χ4v) is 4.87. The molecule has 0 aliphatic carbocycles. The fourth-order valence-electron chi connectivity index (χ4n) is 4.87. The topological polar surface area (TPSA) is 82.9 Å². The molecular weight excluding hydrogens is 568 g/mol. The summed E-state index contributed by atoms with van der Waals surface area (Å²) in [5.41, 5.74) is 14.3. The Kier molecular flexibility index (Phi) is 9.27. The van der Waals surface area contributed by atoms with Crippen molar-refractivity contribution in [1.82, 2.24) is 10.9 Å². The molecule has 0 atom stereocenters. The lowest BCUT2D eigenvalue weighted by atomic mass is 10.0. The van der Waals surface area contributed by atoms with Crippen molar-refractivity contribution in [2.24, 2.45) is 10.2 Å². The summed E-state index contributed by atoms with van der Waals surface area (Å²) >= 11 is 0. The van der Waals surface area contributed by atoms with E-state index in [1.165, 1.54) is 0 Å². The maximum absolute atomic E-state index is 12.6. The van der Waals surface area contributed by atoms with Crippen LogP contribution in [0.25, 0.3) is 33.4 Å². The Balaban J connectivity index is 0.992. The molecule has 0 bridgehead atoms. The minimum Gasteiger partial charge on any atom is -0.267 e. The molecule has 46 heavy (non-hydrogen) atoms. The predicted molar refractivity (Wildman–Crippen MR) is 186 cm³/mol. The maximum Gasteiger partial charge on any atom is 0.271 e. The van der Waals surface area contributed by atoms with Crippen molar-refractivity contribution >= 4 is 24.2 Å². The number of nitrogens with zero attached hydrogens (tertiary/aromatic N) is 2. The average Bonchev–Trinajstić information content (AvgIpc) is 3.13. The van der Waals surface area contributed by atoms with Gasteiger partial charge < -0.3 is 0 Å². The molecule has 222 valence electrons. The van der Waals surface area contributed by atoms with E-state index in [4.69, 9.17) is 0 Å². The summed E-state index contributed by atoms with van der Waals surface area (Å²) in [7, 11) is 0. The smallest absolute Gasteiger partial charge is 0.267 e. The Morgan fingerprint density at radius 2 is 0.652 bits per heavy atom. The highest BCUT2D eigenvalue weighted by Gasteiger charge is 2.08. The summed E-state index contributed by atoms with van der Waals surface area (Å²) in [6.07, 6.45) is 3.24. The molecule has 6 heteroatoms. The second-order valence-electron chi connectivity index (χ2n) is 10.5. The molecule has 0 aliphatic rings. The van der Waals surface area contributed by atoms with Gasteiger partial charge in [-0.15, -0.1) is 0 Å². The normalized spacial score (nSPS) is 11.0. The van der Waals surface area contributed by atoms with Crippen LogP contribution in [0, 0.1) is 0 Å². The van der Waals surface area contributed by atoms with Crippen LogP contribution in [0.2, 0.25) is 0 Å². The van der Waals surface area contributed by atoms with Crippen molar-refractivity contribution in [1.29, 1.82) is 0 Å². The van der Waals surface area contributed by atoms with Gasteiger partial charge in [-0.2, -0.15) is 10.2 Å². The number of amides is 2. The van der Waals surface area contributed by atoms with Crippen molar-refractivity contribution in [2.45, 2.75) is 0 Å². The van der Waals surface area contributed by atoms with E-state index < -0.39 is 0 Å². The van der Waals surface area contributed by atoms with Gasteiger partial charge in [0.1, 0.15) is 0 Å². The Labute approximate surface area is 267 Å². The zero-order valence-corrected chi connectivity index (χ0v) is 24.9. The lowest BCUT2D eigenvalue weighted by Crippen LogP contribution is -2.17. The highest BCUT2D eigenvalue weighted by Crippen LogP contribution is 2.22. The Morgan fingerprint density at radius 3 is 0.978 bits per heavy atom. The van der Waals surface area contributed by atoms with Crippen LogP contribution in [0.4, 0.5) is 0 Å². The Bertz CT molecular complexity index is 1820. The number of rotatable bonds is 9. The van der Waals surface area contributed by atoms with Crippen molar-refractivity contribution in [3.8, 4) is 33.4 Å². The number of hydrogen-bond acceptors (Lipinski definition) is 4. The van der Waals surface area contributed by atoms with Gasteiger partial charge in [-0.05, 0) is 68.8 Å². The fraction of sp³-hybridized carbons (Fsp3) is 0. The van der Waals surface area contributed by atoms with Gasteiger partial charge in [-0.1, -0.05) is 133 Å². The molecule has 6 aromatic carbocycles. The van der Waals surface area contributed by atoms with Crippen LogP contribution in [0.5, 0.6) is 0 Å². The summed E-state index contributed by atoms with van der Waals surface area (Å²) < 4.78 is 0. The molecule has 6 aromatic rings. The molecule has 0 spiro atoms. The first-order chi connectivity index (χ1) is 22.6. The molecule has 0 saturated heterocycles. The molecule has 0 fully saturated rings. The van der Waals surface area contributed by atoms with Gasteiger partial charge in [0.2, 0.25) is 0 Å². The molecular formula is C40H30N4O2. The second kappa shape index (κ2) is 14.4. The summed E-state index contributed by atoms with van der Waals surface area (Å²) in [6.45, 7) is 0. The largest absolute Gasteiger partial charge is 0.271 e. The lowest BCUT2D eigenvalue weighted by molar-refractivity contribution is 0.0947. The van der Waals surface area contributed by atoms with Crippen LogP contribution in [0.3, 0.4) is 0 Å². The van der Waals surface area contributed by atoms with Crippen LogP contribution >= 0.6 is 0 Å². The molecule has 0 heterocycles. The van der Waals surface area contributed by atoms with Gasteiger partial charge in [0, 0.05) is 11.1 Å². The minimum absolute atomic E-state index is 0.302. The molecule has 0 unspecified atom stereocenters. The number of hydrogen-bond donors (Lipinski definition) is 2. The van der Waals surface area contributed by atoms with Gasteiger partial charge in [0.25, 0.3) is 11.8 Å². The van der Waals surface area contributed by atoms with E-state index in [1.807, 2.05) is 109 Å². The summed E-state index contributed by atoms with van der Waals surface area (Å²) in [5, 5.41) is 8.22. The predicted octanol–water partition coefficient (Wildman–Crippen LogP) is 8.22. The number of carbonyl (C=O) groups excluding carboxylic acids is 2. The third kappa shape index (κ3) is 7.56. The van der Waals surface area contributed by atoms with E-state index in [0.717, 1.165) is 44.5 Å². The van der Waals surface area contributed by atoms with Crippen LogP contribution in [-0.2, 0) is 0 Å². The third-order valence-electron chi connectivity index (χ3n) is 7.42. The molecule has 0 aromatic heterocycles. The van der Waals surface area contributed by atoms with Crippen molar-refractivity contribution in [2.75, 3.05) is 0 Å². The standard InChI is InChI=1S/C40H30N4O2/c45-39(43-41-27-29-11-15-33(16-12-29)31-7-3-1-4-8-31)37-23-19-35(20-24-37)36-21-25-38(26-22-36)40(46)44-42-28-30-13-17-34(18-14-30)32-9-5-2-6-10-32/h1-28H,(H,43,45)(H,44,46)/b41-27+,42-28+. The van der Waals surface area contributed by atoms with Gasteiger partial charge in [0.15, 0.2) is 0 Å². The van der Waals surface area contributed by atoms with Crippen LogP contribution in [-0.4, -0.2) is 24.2 Å². The second-order valence-corrected chi connectivity index (χ2v) is 10.5. The van der Waals surface area contributed by atoms with E-state index in [-0.39, 0.29) is 11.8 Å². The number of carbonyl (C=O) groups is 2. The summed E-state index contributed by atoms with van der Waals surface area (Å²) in [6, 6.07) is 50.7. The third-order valence-corrected chi connectivity index (χ3v) is 7.42. The average molecular weight is 599 g/mol. The zero-order valence-electron chi connectivity index (χ0n) is 24.9. The van der Waals surface area contributed by atoms with Crippen molar-refractivity contribution < 1.29 is 9.59 Å². The number of nitrogens with one attached hydrogen (secondary N) is 2. The molecule has 2 N–H and O–H groups in total. The van der Waals surface area contributed by atoms with Gasteiger partial charge in [-0.25, -0.2) is 10.9 Å². The van der Waals surface area contributed by atoms with Crippen molar-refractivity contribution in [3.63, 3.8) is 0 Å². The molecule has 6 rings (SSSR count). The van der Waals surface area contributed by atoms with Gasteiger partial charge in [-0.3, -0.25) is 9.59 Å². The lowest BCUT2D eigenvalue weighted by Gasteiger charge is -2.06. The maximum atomic E-state index is 12.6. The highest BCUT2D eigenvalue weighted by molar-refractivity contribution is 5.96. The number of hydrazone groups is 2. The highest BCUT2D eigenvalue weighted by atomic mass is 16.2. The molecule has 2 amide bonds. The zero-order chi connectivity index (χ0) is 31.6. The van der Waals surface area contributed by atoms with Crippen LogP contribution in [0.1, 0.15) is 31.8 Å².